The number of carbonyl (C=O) groups is 2. The smallest absolute Gasteiger partial charge is 0.288 e. The van der Waals surface area contributed by atoms with E-state index in [1.54, 1.807) is 6.07 Å². The summed E-state index contributed by atoms with van der Waals surface area (Å²) in [6, 6.07) is 9.19. The lowest BCUT2D eigenvalue weighted by Gasteiger charge is -2.19. The topological polar surface area (TPSA) is 122 Å². The van der Waals surface area contributed by atoms with Crippen LogP contribution < -0.4 is 10.6 Å². The SMILES string of the molecule is CCC(CC)NC(=O)c1cnc(-c2cccc(-c3cc(C(=O)NC(C)[C@@H]4CCCO4)[nH]n3)c2)o1. The highest BCUT2D eigenvalue weighted by Crippen LogP contribution is 2.26. The van der Waals surface area contributed by atoms with Crippen molar-refractivity contribution in [2.24, 2.45) is 0 Å². The van der Waals surface area contributed by atoms with Crippen molar-refractivity contribution in [1.29, 1.82) is 0 Å². The van der Waals surface area contributed by atoms with Crippen LogP contribution in [0.15, 0.2) is 40.9 Å². The Morgan fingerprint density at radius 3 is 2.68 bits per heavy atom. The number of nitrogens with zero attached hydrogens (tertiary/aromatic N) is 2. The summed E-state index contributed by atoms with van der Waals surface area (Å²) in [4.78, 5) is 29.3. The molecule has 1 fully saturated rings. The number of hydrogen-bond acceptors (Lipinski definition) is 6. The first-order valence-corrected chi connectivity index (χ1v) is 11.8. The largest absolute Gasteiger partial charge is 0.431 e. The second kappa shape index (κ2) is 10.6. The van der Waals surface area contributed by atoms with E-state index in [4.69, 9.17) is 9.15 Å². The second-order valence-corrected chi connectivity index (χ2v) is 8.58. The number of oxazole rings is 1. The Morgan fingerprint density at radius 2 is 1.94 bits per heavy atom. The molecule has 34 heavy (non-hydrogen) atoms. The van der Waals surface area contributed by atoms with E-state index in [9.17, 15) is 9.59 Å². The van der Waals surface area contributed by atoms with Crippen LogP contribution >= 0.6 is 0 Å². The lowest BCUT2D eigenvalue weighted by molar-refractivity contribution is 0.0709. The summed E-state index contributed by atoms with van der Waals surface area (Å²) < 4.78 is 11.4. The minimum atomic E-state index is -0.274. The molecule has 3 N–H and O–H groups in total. The average Bonchev–Trinajstić information content (AvgIpc) is 3.64. The van der Waals surface area contributed by atoms with Crippen LogP contribution in [0.5, 0.6) is 0 Å². The van der Waals surface area contributed by atoms with E-state index in [2.05, 4.69) is 25.8 Å². The Labute approximate surface area is 198 Å². The number of H-pyrrole nitrogens is 1. The van der Waals surface area contributed by atoms with Crippen LogP contribution in [0.2, 0.25) is 0 Å². The van der Waals surface area contributed by atoms with E-state index in [0.717, 1.165) is 37.9 Å². The van der Waals surface area contributed by atoms with Gasteiger partial charge in [0.25, 0.3) is 11.8 Å². The van der Waals surface area contributed by atoms with Crippen molar-refractivity contribution in [3.8, 4) is 22.7 Å². The van der Waals surface area contributed by atoms with Crippen molar-refractivity contribution in [2.45, 2.75) is 64.6 Å². The molecule has 0 bridgehead atoms. The number of carbonyl (C=O) groups excluding carboxylic acids is 2. The molecule has 0 aliphatic carbocycles. The van der Waals surface area contributed by atoms with Gasteiger partial charge in [0, 0.05) is 23.8 Å². The summed E-state index contributed by atoms with van der Waals surface area (Å²) in [5.74, 6) is 0.0179. The minimum Gasteiger partial charge on any atom is -0.431 e. The van der Waals surface area contributed by atoms with Gasteiger partial charge in [-0.25, -0.2) is 4.98 Å². The standard InChI is InChI=1S/C25H31N5O4/c1-4-18(5-2)28-24(32)22-14-26-25(34-22)17-9-6-8-16(12-17)19-13-20(30-29-19)23(31)27-15(3)21-10-7-11-33-21/h6,8-9,12-15,18,21H,4-5,7,10-11H2,1-3H3,(H,27,31)(H,28,32)(H,29,30)/t15?,21-/m0/s1. The maximum atomic E-state index is 12.6. The van der Waals surface area contributed by atoms with Crippen LogP contribution in [0.3, 0.4) is 0 Å². The van der Waals surface area contributed by atoms with E-state index >= 15 is 0 Å². The molecule has 0 radical (unpaired) electrons. The lowest BCUT2D eigenvalue weighted by Crippen LogP contribution is -2.40. The quantitative estimate of drug-likeness (QED) is 0.440. The molecule has 1 unspecified atom stereocenters. The molecule has 3 aromatic rings. The van der Waals surface area contributed by atoms with E-state index in [0.29, 0.717) is 22.8 Å². The molecule has 4 rings (SSSR count). The van der Waals surface area contributed by atoms with Crippen molar-refractivity contribution in [2.75, 3.05) is 6.61 Å². The fourth-order valence-corrected chi connectivity index (χ4v) is 4.03. The molecule has 9 nitrogen and oxygen atoms in total. The summed E-state index contributed by atoms with van der Waals surface area (Å²) in [5.41, 5.74) is 2.50. The number of rotatable bonds is 9. The van der Waals surface area contributed by atoms with Gasteiger partial charge in [0.1, 0.15) is 5.69 Å². The van der Waals surface area contributed by atoms with E-state index in [1.165, 1.54) is 6.20 Å². The number of hydrogen-bond donors (Lipinski definition) is 3. The molecule has 1 aliphatic heterocycles. The second-order valence-electron chi connectivity index (χ2n) is 8.58. The van der Waals surface area contributed by atoms with Crippen LogP contribution in [0.1, 0.15) is 67.5 Å². The molecule has 0 saturated carbocycles. The summed E-state index contributed by atoms with van der Waals surface area (Å²) in [6.07, 6.45) is 5.15. The number of aromatic amines is 1. The van der Waals surface area contributed by atoms with Gasteiger partial charge in [-0.2, -0.15) is 5.10 Å². The molecule has 3 heterocycles. The number of aromatic nitrogens is 3. The molecule has 1 aromatic carbocycles. The van der Waals surface area contributed by atoms with E-state index < -0.39 is 0 Å². The van der Waals surface area contributed by atoms with Crippen LogP contribution in [0.25, 0.3) is 22.7 Å². The highest BCUT2D eigenvalue weighted by atomic mass is 16.5. The van der Waals surface area contributed by atoms with Crippen molar-refractivity contribution in [1.82, 2.24) is 25.8 Å². The number of nitrogens with one attached hydrogen (secondary N) is 3. The van der Waals surface area contributed by atoms with Gasteiger partial charge in [-0.15, -0.1) is 0 Å². The van der Waals surface area contributed by atoms with Gasteiger partial charge >= 0.3 is 0 Å². The van der Waals surface area contributed by atoms with Gasteiger partial charge in [0.15, 0.2) is 0 Å². The zero-order valence-corrected chi connectivity index (χ0v) is 19.8. The van der Waals surface area contributed by atoms with Crippen molar-refractivity contribution in [3.05, 3.63) is 48.0 Å². The third kappa shape index (κ3) is 5.36. The maximum Gasteiger partial charge on any atom is 0.288 e. The van der Waals surface area contributed by atoms with Crippen LogP contribution in [-0.2, 0) is 4.74 Å². The third-order valence-corrected chi connectivity index (χ3v) is 6.16. The highest BCUT2D eigenvalue weighted by molar-refractivity contribution is 5.93. The summed E-state index contributed by atoms with van der Waals surface area (Å²) in [6.45, 7) is 6.75. The number of benzene rings is 1. The number of ether oxygens (including phenoxy) is 1. The predicted molar refractivity (Wildman–Crippen MR) is 127 cm³/mol. The van der Waals surface area contributed by atoms with Crippen LogP contribution in [-0.4, -0.2) is 51.8 Å². The zero-order chi connectivity index (χ0) is 24.1. The Hall–Kier alpha value is -3.46. The fraction of sp³-hybridized carbons (Fsp3) is 0.440. The van der Waals surface area contributed by atoms with Crippen LogP contribution in [0, 0.1) is 0 Å². The van der Waals surface area contributed by atoms with Gasteiger partial charge in [-0.1, -0.05) is 26.0 Å². The molecular formula is C25H31N5O4. The first kappa shape index (κ1) is 23.7. The molecule has 0 spiro atoms. The van der Waals surface area contributed by atoms with Gasteiger partial charge < -0.3 is 19.8 Å². The van der Waals surface area contributed by atoms with Gasteiger partial charge in [-0.05, 0) is 50.8 Å². The third-order valence-electron chi connectivity index (χ3n) is 6.16. The molecule has 1 saturated heterocycles. The molecule has 2 amide bonds. The summed E-state index contributed by atoms with van der Waals surface area (Å²) in [5, 5.41) is 13.0. The van der Waals surface area contributed by atoms with E-state index in [1.807, 2.05) is 45.0 Å². The average molecular weight is 466 g/mol. The van der Waals surface area contributed by atoms with Gasteiger partial charge in [0.05, 0.1) is 24.0 Å². The van der Waals surface area contributed by atoms with Crippen molar-refractivity contribution < 1.29 is 18.7 Å². The number of amides is 2. The van der Waals surface area contributed by atoms with Gasteiger partial charge in [-0.3, -0.25) is 14.7 Å². The Morgan fingerprint density at radius 1 is 1.15 bits per heavy atom. The van der Waals surface area contributed by atoms with Crippen LogP contribution in [0.4, 0.5) is 0 Å². The summed E-state index contributed by atoms with van der Waals surface area (Å²) in [7, 11) is 0. The molecule has 1 aliphatic rings. The summed E-state index contributed by atoms with van der Waals surface area (Å²) >= 11 is 0. The van der Waals surface area contributed by atoms with Crippen molar-refractivity contribution >= 4 is 11.8 Å². The molecular weight excluding hydrogens is 434 g/mol. The Balaban J connectivity index is 1.45. The zero-order valence-electron chi connectivity index (χ0n) is 19.8. The monoisotopic (exact) mass is 465 g/mol. The Kier molecular flexibility index (Phi) is 7.42. The highest BCUT2D eigenvalue weighted by Gasteiger charge is 2.24. The molecule has 2 atom stereocenters. The molecule has 180 valence electrons. The lowest BCUT2D eigenvalue weighted by atomic mass is 10.1. The van der Waals surface area contributed by atoms with E-state index in [-0.39, 0.29) is 35.8 Å². The molecule has 9 heteroatoms. The predicted octanol–water partition coefficient (Wildman–Crippen LogP) is 3.95. The van der Waals surface area contributed by atoms with Gasteiger partial charge in [0.2, 0.25) is 11.7 Å². The minimum absolute atomic E-state index is 0.0469. The van der Waals surface area contributed by atoms with Crippen molar-refractivity contribution in [3.63, 3.8) is 0 Å². The Bertz CT molecular complexity index is 1130. The fourth-order valence-electron chi connectivity index (χ4n) is 4.03. The first-order chi connectivity index (χ1) is 16.5. The maximum absolute atomic E-state index is 12.6. The first-order valence-electron chi connectivity index (χ1n) is 11.8. The normalized spacial score (nSPS) is 16.5. The molecule has 2 aromatic heterocycles.